The fourth-order valence-corrected chi connectivity index (χ4v) is 4.04. The second kappa shape index (κ2) is 9.53. The van der Waals surface area contributed by atoms with Crippen LogP contribution in [0.25, 0.3) is 23.0 Å². The van der Waals surface area contributed by atoms with Crippen LogP contribution in [0.5, 0.6) is 17.2 Å². The molecule has 4 aromatic rings. The molecule has 32 heavy (non-hydrogen) atoms. The minimum absolute atomic E-state index is 0.216. The molecule has 0 amide bonds. The van der Waals surface area contributed by atoms with Crippen molar-refractivity contribution in [3.05, 3.63) is 82.7 Å². The van der Waals surface area contributed by atoms with Gasteiger partial charge in [0.05, 0.1) is 32.6 Å². The van der Waals surface area contributed by atoms with Crippen molar-refractivity contribution in [2.45, 2.75) is 0 Å². The van der Waals surface area contributed by atoms with E-state index in [9.17, 15) is 4.79 Å². The van der Waals surface area contributed by atoms with Crippen LogP contribution in [0.3, 0.4) is 0 Å². The van der Waals surface area contributed by atoms with E-state index in [4.69, 9.17) is 19.3 Å². The summed E-state index contributed by atoms with van der Waals surface area (Å²) in [6.45, 7) is 0. The van der Waals surface area contributed by atoms with Crippen LogP contribution in [-0.4, -0.2) is 36.9 Å². The Morgan fingerprint density at radius 3 is 2.41 bits per heavy atom. The number of aromatic nitrogens is 2. The second-order valence-corrected chi connectivity index (χ2v) is 7.58. The molecule has 0 bridgehead atoms. The summed E-state index contributed by atoms with van der Waals surface area (Å²) in [5.41, 5.74) is 3.96. The predicted octanol–water partition coefficient (Wildman–Crippen LogP) is 5.52. The lowest BCUT2D eigenvalue weighted by Gasteiger charge is -2.14. The van der Waals surface area contributed by atoms with E-state index in [0.717, 1.165) is 22.5 Å². The summed E-state index contributed by atoms with van der Waals surface area (Å²) in [6, 6.07) is 15.2. The lowest BCUT2D eigenvalue weighted by atomic mass is 10.1. The Balaban J connectivity index is 1.72. The Morgan fingerprint density at radius 1 is 0.969 bits per heavy atom. The van der Waals surface area contributed by atoms with E-state index in [1.807, 2.05) is 58.0 Å². The van der Waals surface area contributed by atoms with Crippen molar-refractivity contribution in [2.75, 3.05) is 21.3 Å². The molecule has 6 nitrogen and oxygen atoms in total. The fourth-order valence-electron chi connectivity index (χ4n) is 3.40. The van der Waals surface area contributed by atoms with Gasteiger partial charge in [0.2, 0.25) is 5.75 Å². The molecule has 7 heteroatoms. The highest BCUT2D eigenvalue weighted by atomic mass is 32.1. The first-order valence-corrected chi connectivity index (χ1v) is 10.8. The third-order valence-electron chi connectivity index (χ3n) is 4.94. The van der Waals surface area contributed by atoms with Gasteiger partial charge in [0.15, 0.2) is 17.3 Å². The molecule has 0 spiro atoms. The van der Waals surface area contributed by atoms with Crippen LogP contribution in [0.15, 0.2) is 71.6 Å². The molecule has 0 N–H and O–H groups in total. The first kappa shape index (κ1) is 21.4. The number of benzene rings is 2. The van der Waals surface area contributed by atoms with Crippen LogP contribution in [-0.2, 0) is 0 Å². The highest BCUT2D eigenvalue weighted by Crippen LogP contribution is 2.40. The van der Waals surface area contributed by atoms with Crippen LogP contribution < -0.4 is 14.2 Å². The van der Waals surface area contributed by atoms with Crippen molar-refractivity contribution >= 4 is 23.2 Å². The van der Waals surface area contributed by atoms with Gasteiger partial charge in [-0.25, -0.2) is 4.68 Å². The molecule has 0 saturated carbocycles. The Bertz CT molecular complexity index is 1240. The number of ketones is 1. The highest BCUT2D eigenvalue weighted by molar-refractivity contribution is 7.08. The lowest BCUT2D eigenvalue weighted by molar-refractivity contribution is 0.104. The van der Waals surface area contributed by atoms with Gasteiger partial charge in [0, 0.05) is 22.7 Å². The van der Waals surface area contributed by atoms with Crippen molar-refractivity contribution in [1.82, 2.24) is 9.78 Å². The lowest BCUT2D eigenvalue weighted by Crippen LogP contribution is -2.02. The molecule has 2 aromatic carbocycles. The first-order valence-electron chi connectivity index (χ1n) is 9.85. The van der Waals surface area contributed by atoms with Crippen LogP contribution in [0.4, 0.5) is 0 Å². The molecule has 2 heterocycles. The SMILES string of the molecule is COc1ccc(C(=O)/C=C/c2cn(-c3ccccc3)nc2-c2ccsc2)c(OC)c1OC. The standard InChI is InChI=1S/C25H22N2O4S/c1-29-22-12-10-20(24(30-2)25(22)31-3)21(28)11-9-17-15-27(19-7-5-4-6-8-19)26-23(17)18-13-14-32-16-18/h4-16H,1-3H3/b11-9+. The topological polar surface area (TPSA) is 62.6 Å². The number of nitrogens with zero attached hydrogens (tertiary/aromatic N) is 2. The summed E-state index contributed by atoms with van der Waals surface area (Å²) in [5.74, 6) is 0.991. The zero-order chi connectivity index (χ0) is 22.5. The zero-order valence-corrected chi connectivity index (χ0v) is 18.8. The van der Waals surface area contributed by atoms with Gasteiger partial charge >= 0.3 is 0 Å². The van der Waals surface area contributed by atoms with Crippen LogP contribution >= 0.6 is 11.3 Å². The van der Waals surface area contributed by atoms with Crippen LogP contribution in [0, 0.1) is 0 Å². The van der Waals surface area contributed by atoms with Crippen molar-refractivity contribution < 1.29 is 19.0 Å². The van der Waals surface area contributed by atoms with Gasteiger partial charge in [-0.3, -0.25) is 4.79 Å². The fraction of sp³-hybridized carbons (Fsp3) is 0.120. The zero-order valence-electron chi connectivity index (χ0n) is 17.9. The number of carbonyl (C=O) groups excluding carboxylic acids is 1. The predicted molar refractivity (Wildman–Crippen MR) is 126 cm³/mol. The van der Waals surface area contributed by atoms with E-state index >= 15 is 0 Å². The van der Waals surface area contributed by atoms with E-state index in [1.54, 1.807) is 29.5 Å². The van der Waals surface area contributed by atoms with Gasteiger partial charge in [0.25, 0.3) is 0 Å². The summed E-state index contributed by atoms with van der Waals surface area (Å²) < 4.78 is 18.0. The molecule has 0 atom stereocenters. The number of thiophene rings is 1. The summed E-state index contributed by atoms with van der Waals surface area (Å²) in [7, 11) is 4.54. The molecule has 0 aliphatic heterocycles. The number of rotatable bonds is 8. The van der Waals surface area contributed by atoms with Gasteiger partial charge in [-0.15, -0.1) is 0 Å². The van der Waals surface area contributed by atoms with Gasteiger partial charge < -0.3 is 14.2 Å². The van der Waals surface area contributed by atoms with Crippen LogP contribution in [0.2, 0.25) is 0 Å². The van der Waals surface area contributed by atoms with E-state index in [2.05, 4.69) is 0 Å². The third kappa shape index (κ3) is 4.15. The molecule has 0 aliphatic rings. The monoisotopic (exact) mass is 446 g/mol. The minimum Gasteiger partial charge on any atom is -0.493 e. The van der Waals surface area contributed by atoms with Crippen molar-refractivity contribution in [3.63, 3.8) is 0 Å². The Kier molecular flexibility index (Phi) is 6.37. The molecule has 2 aromatic heterocycles. The number of hydrogen-bond acceptors (Lipinski definition) is 6. The molecular formula is C25H22N2O4S. The molecule has 0 aliphatic carbocycles. The molecule has 0 fully saturated rings. The smallest absolute Gasteiger partial charge is 0.204 e. The minimum atomic E-state index is -0.216. The summed E-state index contributed by atoms with van der Waals surface area (Å²) in [6.07, 6.45) is 5.21. The second-order valence-electron chi connectivity index (χ2n) is 6.80. The first-order chi connectivity index (χ1) is 15.7. The number of allylic oxidation sites excluding steroid dienone is 1. The van der Waals surface area contributed by atoms with Crippen molar-refractivity contribution in [2.24, 2.45) is 0 Å². The molecule has 0 saturated heterocycles. The van der Waals surface area contributed by atoms with E-state index < -0.39 is 0 Å². The van der Waals surface area contributed by atoms with E-state index in [-0.39, 0.29) is 5.78 Å². The third-order valence-corrected chi connectivity index (χ3v) is 5.63. The Labute approximate surface area is 190 Å². The molecule has 4 rings (SSSR count). The van der Waals surface area contributed by atoms with Gasteiger partial charge in [0.1, 0.15) is 5.69 Å². The van der Waals surface area contributed by atoms with Gasteiger partial charge in [-0.05, 0) is 47.9 Å². The maximum absolute atomic E-state index is 13.1. The maximum atomic E-state index is 13.1. The number of para-hydroxylation sites is 1. The normalized spacial score (nSPS) is 11.0. The largest absolute Gasteiger partial charge is 0.493 e. The quantitative estimate of drug-likeness (QED) is 0.263. The van der Waals surface area contributed by atoms with Crippen LogP contribution in [0.1, 0.15) is 15.9 Å². The average Bonchev–Trinajstić information content (AvgIpc) is 3.52. The number of carbonyl (C=O) groups is 1. The summed E-state index contributed by atoms with van der Waals surface area (Å²) in [4.78, 5) is 13.1. The summed E-state index contributed by atoms with van der Waals surface area (Å²) >= 11 is 1.60. The van der Waals surface area contributed by atoms with Gasteiger partial charge in [-0.1, -0.05) is 18.2 Å². The van der Waals surface area contributed by atoms with Crippen molar-refractivity contribution in [3.8, 4) is 34.2 Å². The van der Waals surface area contributed by atoms with E-state index in [0.29, 0.717) is 22.8 Å². The highest BCUT2D eigenvalue weighted by Gasteiger charge is 2.19. The maximum Gasteiger partial charge on any atom is 0.204 e. The summed E-state index contributed by atoms with van der Waals surface area (Å²) in [5, 5.41) is 8.80. The van der Waals surface area contributed by atoms with E-state index in [1.165, 1.54) is 27.4 Å². The van der Waals surface area contributed by atoms with Crippen molar-refractivity contribution in [1.29, 1.82) is 0 Å². The molecule has 0 unspecified atom stereocenters. The van der Waals surface area contributed by atoms with Gasteiger partial charge in [-0.2, -0.15) is 16.4 Å². The molecule has 0 radical (unpaired) electrons. The number of hydrogen-bond donors (Lipinski definition) is 0. The molecular weight excluding hydrogens is 424 g/mol. The molecule has 162 valence electrons. The number of ether oxygens (including phenoxy) is 3. The average molecular weight is 447 g/mol. The Hall–Kier alpha value is -3.84. The Morgan fingerprint density at radius 2 is 1.75 bits per heavy atom. The number of methoxy groups -OCH3 is 3.